The van der Waals surface area contributed by atoms with Crippen molar-refractivity contribution in [1.29, 1.82) is 0 Å². The molecule has 1 rings (SSSR count). The van der Waals surface area contributed by atoms with Gasteiger partial charge in [0.15, 0.2) is 0 Å². The van der Waals surface area contributed by atoms with E-state index in [1.54, 1.807) is 5.06 Å². The van der Waals surface area contributed by atoms with Gasteiger partial charge in [-0.3, -0.25) is 0 Å². The molecular weight excluding hydrogens is 174 g/mol. The van der Waals surface area contributed by atoms with Crippen LogP contribution in [0.15, 0.2) is 36.9 Å². The van der Waals surface area contributed by atoms with Crippen LogP contribution in [0.3, 0.4) is 0 Å². The van der Waals surface area contributed by atoms with Gasteiger partial charge in [-0.05, 0) is 12.8 Å². The molecule has 1 heterocycles. The summed E-state index contributed by atoms with van der Waals surface area (Å²) in [4.78, 5) is 5.48. The van der Waals surface area contributed by atoms with Crippen LogP contribution in [0.5, 0.6) is 0 Å². The lowest BCUT2D eigenvalue weighted by atomic mass is 10.3. The van der Waals surface area contributed by atoms with Gasteiger partial charge < -0.3 is 4.84 Å². The molecule has 1 aliphatic rings. The Hall–Kier alpha value is -1.62. The van der Waals surface area contributed by atoms with E-state index in [1.807, 2.05) is 0 Å². The third-order valence-electron chi connectivity index (χ3n) is 2.05. The molecule has 0 amide bonds. The van der Waals surface area contributed by atoms with Crippen LogP contribution in [0.2, 0.25) is 0 Å². The second-order valence-corrected chi connectivity index (χ2v) is 3.26. The first kappa shape index (κ1) is 10.5. The van der Waals surface area contributed by atoms with E-state index in [4.69, 9.17) is 11.3 Å². The average Bonchev–Trinajstić information content (AvgIpc) is 2.46. The number of nitrogens with zero attached hydrogens (tertiary/aromatic N) is 1. The second kappa shape index (κ2) is 4.57. The topological polar surface area (TPSA) is 12.5 Å². The first-order chi connectivity index (χ1) is 6.65. The smallest absolute Gasteiger partial charge is 0.126 e. The van der Waals surface area contributed by atoms with E-state index >= 15 is 0 Å². The molecule has 0 bridgehead atoms. The number of allylic oxidation sites excluding steroid dienone is 3. The third-order valence-corrected chi connectivity index (χ3v) is 2.05. The summed E-state index contributed by atoms with van der Waals surface area (Å²) in [6.07, 6.45) is 8.27. The Morgan fingerprint density at radius 2 is 2.00 bits per heavy atom. The maximum Gasteiger partial charge on any atom is 0.126 e. The monoisotopic (exact) mass is 189 g/mol. The molecule has 1 saturated heterocycles. The van der Waals surface area contributed by atoms with Crippen LogP contribution in [0.25, 0.3) is 0 Å². The van der Waals surface area contributed by atoms with Crippen molar-refractivity contribution in [3.63, 3.8) is 0 Å². The minimum Gasteiger partial charge on any atom is -0.380 e. The van der Waals surface area contributed by atoms with Crippen LogP contribution in [-0.2, 0) is 4.84 Å². The lowest BCUT2D eigenvalue weighted by Gasteiger charge is -2.21. The molecule has 2 nitrogen and oxygen atoms in total. The van der Waals surface area contributed by atoms with E-state index < -0.39 is 0 Å². The summed E-state index contributed by atoms with van der Waals surface area (Å²) in [5.41, 5.74) is 1.86. The molecule has 0 radical (unpaired) electrons. The van der Waals surface area contributed by atoms with Gasteiger partial charge in [0.1, 0.15) is 5.76 Å². The highest BCUT2D eigenvalue weighted by molar-refractivity contribution is 5.13. The van der Waals surface area contributed by atoms with Crippen molar-refractivity contribution in [3.8, 4) is 12.3 Å². The van der Waals surface area contributed by atoms with Crippen molar-refractivity contribution in [2.24, 2.45) is 0 Å². The van der Waals surface area contributed by atoms with Gasteiger partial charge in [0.2, 0.25) is 0 Å². The van der Waals surface area contributed by atoms with Crippen LogP contribution in [0.4, 0.5) is 0 Å². The predicted molar refractivity (Wildman–Crippen MR) is 57.6 cm³/mol. The Morgan fingerprint density at radius 1 is 1.43 bits per heavy atom. The molecule has 0 saturated carbocycles. The standard InChI is InChI=1S/C12H15NO/c1-5-6-7-12(4)14-13-10(2)8-9-11(13)3/h1H,2-4,6-9H2. The molecule has 1 aliphatic heterocycles. The second-order valence-electron chi connectivity index (χ2n) is 3.26. The lowest BCUT2D eigenvalue weighted by Crippen LogP contribution is -2.15. The molecular formula is C12H15NO. The first-order valence-electron chi connectivity index (χ1n) is 4.60. The Kier molecular flexibility index (Phi) is 3.41. The molecule has 74 valence electrons. The minimum absolute atomic E-state index is 0.644. The van der Waals surface area contributed by atoms with Crippen molar-refractivity contribution in [2.75, 3.05) is 0 Å². The molecule has 0 aliphatic carbocycles. The normalized spacial score (nSPS) is 15.5. The fraction of sp³-hybridized carbons (Fsp3) is 0.333. The summed E-state index contributed by atoms with van der Waals surface area (Å²) < 4.78 is 0. The predicted octanol–water partition coefficient (Wildman–Crippen LogP) is 2.97. The van der Waals surface area contributed by atoms with Crippen LogP contribution in [0, 0.1) is 12.3 Å². The fourth-order valence-corrected chi connectivity index (χ4v) is 1.23. The average molecular weight is 189 g/mol. The number of terminal acetylenes is 1. The first-order valence-corrected chi connectivity index (χ1v) is 4.60. The maximum atomic E-state index is 5.48. The summed E-state index contributed by atoms with van der Waals surface area (Å²) in [7, 11) is 0. The molecule has 0 atom stereocenters. The van der Waals surface area contributed by atoms with Gasteiger partial charge in [-0.25, -0.2) is 0 Å². The van der Waals surface area contributed by atoms with Crippen LogP contribution in [-0.4, -0.2) is 5.06 Å². The third kappa shape index (κ3) is 2.43. The fourth-order valence-electron chi connectivity index (χ4n) is 1.23. The Balaban J connectivity index is 2.44. The van der Waals surface area contributed by atoms with Crippen molar-refractivity contribution in [1.82, 2.24) is 5.06 Å². The molecule has 0 aromatic carbocycles. The van der Waals surface area contributed by atoms with Crippen molar-refractivity contribution in [2.45, 2.75) is 25.7 Å². The summed E-state index contributed by atoms with van der Waals surface area (Å²) in [6, 6.07) is 0. The van der Waals surface area contributed by atoms with Crippen LogP contribution < -0.4 is 0 Å². The van der Waals surface area contributed by atoms with E-state index in [9.17, 15) is 0 Å². The SMILES string of the molecule is C#CCCC(=C)ON1C(=C)CCC1=C. The van der Waals surface area contributed by atoms with E-state index in [1.165, 1.54) is 0 Å². The Labute approximate surface area is 85.5 Å². The molecule has 0 aromatic heterocycles. The lowest BCUT2D eigenvalue weighted by molar-refractivity contribution is -0.0505. The highest BCUT2D eigenvalue weighted by atomic mass is 16.7. The molecule has 0 N–H and O–H groups in total. The number of hydrogen-bond acceptors (Lipinski definition) is 2. The van der Waals surface area contributed by atoms with Crippen LogP contribution in [0.1, 0.15) is 25.7 Å². The van der Waals surface area contributed by atoms with Gasteiger partial charge in [-0.1, -0.05) is 19.7 Å². The van der Waals surface area contributed by atoms with Gasteiger partial charge in [-0.15, -0.1) is 12.3 Å². The summed E-state index contributed by atoms with van der Waals surface area (Å²) in [5, 5.41) is 1.65. The van der Waals surface area contributed by atoms with E-state index in [0.29, 0.717) is 18.6 Å². The number of hydrogen-bond donors (Lipinski definition) is 0. The van der Waals surface area contributed by atoms with E-state index in [2.05, 4.69) is 25.7 Å². The zero-order valence-corrected chi connectivity index (χ0v) is 8.38. The summed E-state index contributed by atoms with van der Waals surface area (Å²) >= 11 is 0. The largest absolute Gasteiger partial charge is 0.380 e. The molecule has 0 aromatic rings. The zero-order valence-electron chi connectivity index (χ0n) is 8.38. The van der Waals surface area contributed by atoms with E-state index in [0.717, 1.165) is 24.2 Å². The van der Waals surface area contributed by atoms with Crippen molar-refractivity contribution in [3.05, 3.63) is 36.9 Å². The highest BCUT2D eigenvalue weighted by Crippen LogP contribution is 2.29. The molecule has 0 spiro atoms. The van der Waals surface area contributed by atoms with Crippen molar-refractivity contribution >= 4 is 0 Å². The molecule has 0 unspecified atom stereocenters. The molecule has 2 heteroatoms. The summed E-state index contributed by atoms with van der Waals surface area (Å²) in [6.45, 7) is 11.5. The molecule has 1 fully saturated rings. The number of hydroxylamine groups is 2. The van der Waals surface area contributed by atoms with E-state index in [-0.39, 0.29) is 0 Å². The quantitative estimate of drug-likeness (QED) is 0.498. The maximum absolute atomic E-state index is 5.48. The highest BCUT2D eigenvalue weighted by Gasteiger charge is 2.21. The molecule has 14 heavy (non-hydrogen) atoms. The Bertz CT molecular complexity index is 293. The number of rotatable bonds is 4. The van der Waals surface area contributed by atoms with Gasteiger partial charge in [0, 0.05) is 12.8 Å². The van der Waals surface area contributed by atoms with Gasteiger partial charge >= 0.3 is 0 Å². The van der Waals surface area contributed by atoms with Gasteiger partial charge in [0.25, 0.3) is 0 Å². The summed E-state index contributed by atoms with van der Waals surface area (Å²) in [5.74, 6) is 3.20. The van der Waals surface area contributed by atoms with Crippen molar-refractivity contribution < 1.29 is 4.84 Å². The Morgan fingerprint density at radius 3 is 2.50 bits per heavy atom. The minimum atomic E-state index is 0.644. The zero-order chi connectivity index (χ0) is 10.6. The van der Waals surface area contributed by atoms with Gasteiger partial charge in [-0.2, -0.15) is 5.06 Å². The van der Waals surface area contributed by atoms with Crippen LogP contribution >= 0.6 is 0 Å². The van der Waals surface area contributed by atoms with Gasteiger partial charge in [0.05, 0.1) is 11.4 Å².